The summed E-state index contributed by atoms with van der Waals surface area (Å²) in [6.07, 6.45) is 3.93. The maximum absolute atomic E-state index is 12.5. The van der Waals surface area contributed by atoms with E-state index in [1.165, 1.54) is 13.0 Å². The molecule has 0 saturated carbocycles. The van der Waals surface area contributed by atoms with Crippen LogP contribution >= 0.6 is 0 Å². The molecule has 23 heavy (non-hydrogen) atoms. The molecular formula is C18H19N3O2. The van der Waals surface area contributed by atoms with Crippen molar-refractivity contribution in [2.45, 2.75) is 25.8 Å². The molecule has 1 N–H and O–H groups in total. The number of fused-ring (bicyclic) bond motifs is 3. The van der Waals surface area contributed by atoms with E-state index in [-0.39, 0.29) is 11.9 Å². The molecular weight excluding hydrogens is 290 g/mol. The van der Waals surface area contributed by atoms with E-state index < -0.39 is 0 Å². The maximum atomic E-state index is 12.5. The van der Waals surface area contributed by atoms with Gasteiger partial charge in [-0.1, -0.05) is 5.92 Å². The fourth-order valence-corrected chi connectivity index (χ4v) is 3.68. The number of hydrogen-bond donors (Lipinski definition) is 1. The minimum atomic E-state index is -0.108. The number of piperidine rings is 1. The molecule has 0 spiro atoms. The Hall–Kier alpha value is -2.32. The molecule has 2 saturated heterocycles. The predicted molar refractivity (Wildman–Crippen MR) is 87.0 cm³/mol. The molecule has 0 aromatic carbocycles. The van der Waals surface area contributed by atoms with Gasteiger partial charge in [-0.15, -0.1) is 0 Å². The number of amides is 1. The van der Waals surface area contributed by atoms with E-state index in [0.29, 0.717) is 17.0 Å². The van der Waals surface area contributed by atoms with Crippen molar-refractivity contribution in [3.05, 3.63) is 29.8 Å². The van der Waals surface area contributed by atoms with Crippen molar-refractivity contribution in [1.29, 1.82) is 0 Å². The van der Waals surface area contributed by atoms with Crippen LogP contribution in [0.25, 0.3) is 11.0 Å². The topological polar surface area (TPSA) is 58.4 Å². The second-order valence-electron chi connectivity index (χ2n) is 6.41. The Morgan fingerprint density at radius 2 is 2.35 bits per heavy atom. The molecule has 2 aliphatic heterocycles. The van der Waals surface area contributed by atoms with Gasteiger partial charge in [0, 0.05) is 30.6 Å². The van der Waals surface area contributed by atoms with Gasteiger partial charge in [-0.2, -0.15) is 0 Å². The summed E-state index contributed by atoms with van der Waals surface area (Å²) in [6.45, 7) is 5.06. The van der Waals surface area contributed by atoms with Gasteiger partial charge in [0.2, 0.25) is 0 Å². The summed E-state index contributed by atoms with van der Waals surface area (Å²) in [6, 6.07) is 3.84. The smallest absolute Gasteiger partial charge is 0.270 e. The first-order valence-corrected chi connectivity index (χ1v) is 8.07. The molecule has 2 fully saturated rings. The average Bonchev–Trinajstić information content (AvgIpc) is 3.09. The molecule has 118 valence electrons. The van der Waals surface area contributed by atoms with Gasteiger partial charge in [0.05, 0.1) is 6.20 Å². The van der Waals surface area contributed by atoms with Gasteiger partial charge < -0.3 is 14.6 Å². The monoisotopic (exact) mass is 309 g/mol. The zero-order valence-corrected chi connectivity index (χ0v) is 13.1. The third kappa shape index (κ3) is 2.82. The Morgan fingerprint density at radius 1 is 1.43 bits per heavy atom. The highest BCUT2D eigenvalue weighted by molar-refractivity contribution is 5.95. The summed E-state index contributed by atoms with van der Waals surface area (Å²) < 4.78 is 5.56. The van der Waals surface area contributed by atoms with Crippen LogP contribution in [-0.2, 0) is 0 Å². The van der Waals surface area contributed by atoms with Crippen molar-refractivity contribution in [3.63, 3.8) is 0 Å². The number of carbonyl (C=O) groups excluding carboxylic acids is 1. The van der Waals surface area contributed by atoms with E-state index in [1.54, 1.807) is 19.2 Å². The van der Waals surface area contributed by atoms with Crippen molar-refractivity contribution in [3.8, 4) is 11.8 Å². The summed E-state index contributed by atoms with van der Waals surface area (Å²) >= 11 is 0. The molecule has 0 aliphatic carbocycles. The van der Waals surface area contributed by atoms with Crippen molar-refractivity contribution < 1.29 is 9.21 Å². The van der Waals surface area contributed by atoms with Crippen molar-refractivity contribution in [2.75, 3.05) is 19.6 Å². The standard InChI is InChI=1S/C18H19N3O2/c1-2-3-15-7-13-8-16(19-9-17(13)23-15)18(22)20-14-6-12-4-5-21(10-12)11-14/h7-9,12,14H,4-6,10-11H2,1H3,(H,20,22). The highest BCUT2D eigenvalue weighted by atomic mass is 16.3. The lowest BCUT2D eigenvalue weighted by Gasteiger charge is -2.30. The molecule has 0 radical (unpaired) electrons. The van der Waals surface area contributed by atoms with E-state index >= 15 is 0 Å². The fourth-order valence-electron chi connectivity index (χ4n) is 3.68. The molecule has 4 rings (SSSR count). The molecule has 4 heterocycles. The third-order valence-corrected chi connectivity index (χ3v) is 4.69. The Labute approximate surface area is 135 Å². The molecule has 2 bridgehead atoms. The average molecular weight is 309 g/mol. The van der Waals surface area contributed by atoms with E-state index in [4.69, 9.17) is 4.42 Å². The van der Waals surface area contributed by atoms with Gasteiger partial charge in [0.25, 0.3) is 5.91 Å². The quantitative estimate of drug-likeness (QED) is 0.862. The van der Waals surface area contributed by atoms with Crippen LogP contribution in [0.2, 0.25) is 0 Å². The Kier molecular flexibility index (Phi) is 3.55. The minimum absolute atomic E-state index is 0.108. The van der Waals surface area contributed by atoms with Crippen molar-refractivity contribution >= 4 is 16.9 Å². The maximum Gasteiger partial charge on any atom is 0.270 e. The van der Waals surface area contributed by atoms with E-state index in [0.717, 1.165) is 30.8 Å². The van der Waals surface area contributed by atoms with Gasteiger partial charge in [-0.05, 0) is 44.2 Å². The van der Waals surface area contributed by atoms with Gasteiger partial charge in [-0.3, -0.25) is 4.79 Å². The van der Waals surface area contributed by atoms with Gasteiger partial charge in [0.15, 0.2) is 11.3 Å². The first-order valence-electron chi connectivity index (χ1n) is 8.07. The number of nitrogens with one attached hydrogen (secondary N) is 1. The number of carbonyl (C=O) groups is 1. The van der Waals surface area contributed by atoms with Crippen LogP contribution in [0.1, 0.15) is 36.0 Å². The van der Waals surface area contributed by atoms with Gasteiger partial charge >= 0.3 is 0 Å². The molecule has 2 aromatic heterocycles. The Balaban J connectivity index is 1.51. The summed E-state index contributed by atoms with van der Waals surface area (Å²) in [7, 11) is 0. The highest BCUT2D eigenvalue weighted by Crippen LogP contribution is 2.27. The largest absolute Gasteiger partial charge is 0.446 e. The third-order valence-electron chi connectivity index (χ3n) is 4.69. The number of rotatable bonds is 2. The van der Waals surface area contributed by atoms with E-state index in [9.17, 15) is 4.79 Å². The number of hydrogen-bond acceptors (Lipinski definition) is 4. The molecule has 3 unspecified atom stereocenters. The first kappa shape index (κ1) is 14.3. The summed E-state index contributed by atoms with van der Waals surface area (Å²) in [5.74, 6) is 6.90. The lowest BCUT2D eigenvalue weighted by atomic mass is 9.97. The Bertz CT molecular complexity index is 803. The number of furan rings is 1. The Morgan fingerprint density at radius 3 is 3.17 bits per heavy atom. The molecule has 5 nitrogen and oxygen atoms in total. The second-order valence-corrected chi connectivity index (χ2v) is 6.41. The van der Waals surface area contributed by atoms with Crippen molar-refractivity contribution in [2.24, 2.45) is 5.92 Å². The van der Waals surface area contributed by atoms with Crippen molar-refractivity contribution in [1.82, 2.24) is 15.2 Å². The SMILES string of the molecule is CC#Cc1cc2cc(C(=O)NC3CC4CCN(C4)C3)ncc2o1. The lowest BCUT2D eigenvalue weighted by molar-refractivity contribution is 0.0904. The van der Waals surface area contributed by atoms with Crippen LogP contribution in [0.15, 0.2) is 22.7 Å². The van der Waals surface area contributed by atoms with Gasteiger partial charge in [-0.25, -0.2) is 4.98 Å². The minimum Gasteiger partial charge on any atom is -0.446 e. The number of pyridine rings is 1. The van der Waals surface area contributed by atoms with E-state index in [2.05, 4.69) is 27.0 Å². The summed E-state index contributed by atoms with van der Waals surface area (Å²) in [5, 5.41) is 3.99. The summed E-state index contributed by atoms with van der Waals surface area (Å²) in [4.78, 5) is 19.1. The molecule has 3 atom stereocenters. The molecule has 1 amide bonds. The van der Waals surface area contributed by atoms with Crippen LogP contribution < -0.4 is 5.32 Å². The van der Waals surface area contributed by atoms with Crippen LogP contribution in [-0.4, -0.2) is 41.5 Å². The summed E-state index contributed by atoms with van der Waals surface area (Å²) in [5.41, 5.74) is 1.09. The molecule has 5 heteroatoms. The van der Waals surface area contributed by atoms with Crippen LogP contribution in [0, 0.1) is 17.8 Å². The fraction of sp³-hybridized carbons (Fsp3) is 0.444. The predicted octanol–water partition coefficient (Wildman–Crippen LogP) is 2.02. The van der Waals surface area contributed by atoms with Crippen LogP contribution in [0.4, 0.5) is 0 Å². The van der Waals surface area contributed by atoms with Crippen LogP contribution in [0.5, 0.6) is 0 Å². The van der Waals surface area contributed by atoms with Gasteiger partial charge in [0.1, 0.15) is 5.69 Å². The zero-order valence-electron chi connectivity index (χ0n) is 13.1. The molecule has 2 aromatic rings. The first-order chi connectivity index (χ1) is 11.2. The van der Waals surface area contributed by atoms with Crippen LogP contribution in [0.3, 0.4) is 0 Å². The number of aromatic nitrogens is 1. The zero-order chi connectivity index (χ0) is 15.8. The second kappa shape index (κ2) is 5.71. The highest BCUT2D eigenvalue weighted by Gasteiger charge is 2.33. The number of nitrogens with zero attached hydrogens (tertiary/aromatic N) is 2. The normalized spacial score (nSPS) is 25.9. The molecule has 2 aliphatic rings. The van der Waals surface area contributed by atoms with E-state index in [1.807, 2.05) is 6.07 Å². The lowest BCUT2D eigenvalue weighted by Crippen LogP contribution is -2.47.